The lowest BCUT2D eigenvalue weighted by Crippen LogP contribution is -2.31. The first-order valence-corrected chi connectivity index (χ1v) is 9.16. The predicted molar refractivity (Wildman–Crippen MR) is 92.1 cm³/mol. The number of carbonyl (C=O) groups is 2. The molecule has 6 nitrogen and oxygen atoms in total. The van der Waals surface area contributed by atoms with E-state index in [2.05, 4.69) is 17.1 Å². The van der Waals surface area contributed by atoms with Crippen LogP contribution in [0.3, 0.4) is 0 Å². The number of rotatable bonds is 8. The van der Waals surface area contributed by atoms with Crippen molar-refractivity contribution in [1.82, 2.24) is 19.7 Å². The highest BCUT2D eigenvalue weighted by Gasteiger charge is 2.34. The molecule has 2 aromatic rings. The van der Waals surface area contributed by atoms with Gasteiger partial charge in [0.15, 0.2) is 5.16 Å². The van der Waals surface area contributed by atoms with Crippen LogP contribution in [0.1, 0.15) is 46.9 Å². The second kappa shape index (κ2) is 7.61. The minimum absolute atomic E-state index is 0.208. The summed E-state index contributed by atoms with van der Waals surface area (Å²) in [6.45, 7) is 3.44. The van der Waals surface area contributed by atoms with E-state index >= 15 is 0 Å². The van der Waals surface area contributed by atoms with E-state index in [1.807, 2.05) is 4.57 Å². The molecule has 0 spiro atoms. The highest BCUT2D eigenvalue weighted by molar-refractivity contribution is 7.99. The highest BCUT2D eigenvalue weighted by atomic mass is 32.2. The normalized spacial score (nSPS) is 13.6. The maximum Gasteiger partial charge on any atom is 0.261 e. The molecule has 0 fully saturated rings. The van der Waals surface area contributed by atoms with Gasteiger partial charge in [0.05, 0.1) is 11.1 Å². The lowest BCUT2D eigenvalue weighted by Gasteiger charge is -2.13. The van der Waals surface area contributed by atoms with Crippen molar-refractivity contribution >= 4 is 23.6 Å². The van der Waals surface area contributed by atoms with Crippen LogP contribution in [0.25, 0.3) is 0 Å². The molecule has 0 saturated heterocycles. The summed E-state index contributed by atoms with van der Waals surface area (Å²) in [5, 5.41) is 8.92. The van der Waals surface area contributed by atoms with Crippen LogP contribution >= 0.6 is 11.8 Å². The SMILES string of the molecule is CCCCCn1cnnc1SCCN1C(=O)c2ccccc2C1=O. The minimum Gasteiger partial charge on any atom is -0.309 e. The predicted octanol–water partition coefficient (Wildman–Crippen LogP) is 2.86. The molecule has 0 atom stereocenters. The molecule has 2 amide bonds. The molecule has 1 aromatic carbocycles. The van der Waals surface area contributed by atoms with E-state index in [0.717, 1.165) is 18.1 Å². The Balaban J connectivity index is 1.56. The van der Waals surface area contributed by atoms with Crippen LogP contribution in [-0.4, -0.2) is 43.8 Å². The Hall–Kier alpha value is -2.15. The van der Waals surface area contributed by atoms with Gasteiger partial charge in [-0.25, -0.2) is 0 Å². The summed E-state index contributed by atoms with van der Waals surface area (Å²) < 4.78 is 2.03. The zero-order chi connectivity index (χ0) is 16.9. The molecule has 0 aliphatic carbocycles. The molecule has 1 aliphatic heterocycles. The lowest BCUT2D eigenvalue weighted by molar-refractivity contribution is 0.0664. The van der Waals surface area contributed by atoms with Crippen molar-refractivity contribution in [2.45, 2.75) is 37.9 Å². The third-order valence-corrected chi connectivity index (χ3v) is 4.97. The first-order valence-electron chi connectivity index (χ1n) is 8.18. The van der Waals surface area contributed by atoms with Crippen LogP contribution in [0, 0.1) is 0 Å². The van der Waals surface area contributed by atoms with Crippen molar-refractivity contribution in [3.8, 4) is 0 Å². The Morgan fingerprint density at radius 3 is 2.42 bits per heavy atom. The molecule has 1 aromatic heterocycles. The average Bonchev–Trinajstić information content (AvgIpc) is 3.14. The molecule has 2 heterocycles. The average molecular weight is 344 g/mol. The number of unbranched alkanes of at least 4 members (excludes halogenated alkanes) is 2. The smallest absolute Gasteiger partial charge is 0.261 e. The molecule has 0 N–H and O–H groups in total. The number of imide groups is 1. The van der Waals surface area contributed by atoms with E-state index in [1.165, 1.54) is 29.5 Å². The van der Waals surface area contributed by atoms with Crippen molar-refractivity contribution in [2.75, 3.05) is 12.3 Å². The van der Waals surface area contributed by atoms with Gasteiger partial charge in [0.2, 0.25) is 0 Å². The van der Waals surface area contributed by atoms with Gasteiger partial charge < -0.3 is 4.57 Å². The van der Waals surface area contributed by atoms with Crippen molar-refractivity contribution in [3.63, 3.8) is 0 Å². The molecule has 1 aliphatic rings. The van der Waals surface area contributed by atoms with Gasteiger partial charge in [0, 0.05) is 18.8 Å². The van der Waals surface area contributed by atoms with Crippen LogP contribution in [0.15, 0.2) is 35.7 Å². The molecule has 24 heavy (non-hydrogen) atoms. The molecule has 0 unspecified atom stereocenters. The van der Waals surface area contributed by atoms with Crippen LogP contribution in [-0.2, 0) is 6.54 Å². The summed E-state index contributed by atoms with van der Waals surface area (Å²) >= 11 is 1.52. The third kappa shape index (κ3) is 3.36. The number of carbonyl (C=O) groups excluding carboxylic acids is 2. The zero-order valence-corrected chi connectivity index (χ0v) is 14.5. The number of hydrogen-bond acceptors (Lipinski definition) is 5. The topological polar surface area (TPSA) is 68.1 Å². The standard InChI is InChI=1S/C17H20N4O2S/c1-2-3-6-9-20-12-18-19-17(20)24-11-10-21-15(22)13-7-4-5-8-14(13)16(21)23/h4-5,7-8,12H,2-3,6,9-11H2,1H3. The fraction of sp³-hybridized carbons (Fsp3) is 0.412. The van der Waals surface area contributed by atoms with Gasteiger partial charge >= 0.3 is 0 Å². The second-order valence-corrected chi connectivity index (χ2v) is 6.73. The zero-order valence-electron chi connectivity index (χ0n) is 13.6. The highest BCUT2D eigenvalue weighted by Crippen LogP contribution is 2.23. The fourth-order valence-electron chi connectivity index (χ4n) is 2.71. The first kappa shape index (κ1) is 16.7. The van der Waals surface area contributed by atoms with Gasteiger partial charge in [-0.2, -0.15) is 0 Å². The summed E-state index contributed by atoms with van der Waals surface area (Å²) in [5.74, 6) is 0.194. The number of thioether (sulfide) groups is 1. The molecule has 0 bridgehead atoms. The van der Waals surface area contributed by atoms with E-state index in [0.29, 0.717) is 23.4 Å². The molecule has 126 valence electrons. The van der Waals surface area contributed by atoms with Gasteiger partial charge in [0.1, 0.15) is 6.33 Å². The third-order valence-electron chi connectivity index (χ3n) is 4.01. The van der Waals surface area contributed by atoms with Crippen LogP contribution in [0.2, 0.25) is 0 Å². The molecular weight excluding hydrogens is 324 g/mol. The first-order chi connectivity index (χ1) is 11.7. The number of aryl methyl sites for hydroxylation is 1. The van der Waals surface area contributed by atoms with Gasteiger partial charge in [0.25, 0.3) is 11.8 Å². The number of nitrogens with zero attached hydrogens (tertiary/aromatic N) is 4. The number of hydrogen-bond donors (Lipinski definition) is 0. The van der Waals surface area contributed by atoms with E-state index in [-0.39, 0.29) is 11.8 Å². The molecule has 0 saturated carbocycles. The Kier molecular flexibility index (Phi) is 5.30. The van der Waals surface area contributed by atoms with Gasteiger partial charge in [-0.15, -0.1) is 10.2 Å². The Morgan fingerprint density at radius 1 is 1.04 bits per heavy atom. The quantitative estimate of drug-likeness (QED) is 0.418. The largest absolute Gasteiger partial charge is 0.309 e. The summed E-state index contributed by atoms with van der Waals surface area (Å²) in [5.41, 5.74) is 0.991. The van der Waals surface area contributed by atoms with Crippen molar-refractivity contribution in [2.24, 2.45) is 0 Å². The number of amides is 2. The summed E-state index contributed by atoms with van der Waals surface area (Å²) in [6, 6.07) is 6.96. The van der Waals surface area contributed by atoms with Crippen LogP contribution < -0.4 is 0 Å². The van der Waals surface area contributed by atoms with E-state index in [9.17, 15) is 9.59 Å². The summed E-state index contributed by atoms with van der Waals surface area (Å²) in [7, 11) is 0. The van der Waals surface area contributed by atoms with E-state index < -0.39 is 0 Å². The van der Waals surface area contributed by atoms with Crippen molar-refractivity contribution in [1.29, 1.82) is 0 Å². The number of benzene rings is 1. The van der Waals surface area contributed by atoms with E-state index in [4.69, 9.17) is 0 Å². The maximum atomic E-state index is 12.3. The van der Waals surface area contributed by atoms with Crippen molar-refractivity contribution in [3.05, 3.63) is 41.7 Å². The van der Waals surface area contributed by atoms with Crippen LogP contribution in [0.5, 0.6) is 0 Å². The second-order valence-electron chi connectivity index (χ2n) is 5.67. The Bertz CT molecular complexity index is 709. The van der Waals surface area contributed by atoms with Crippen LogP contribution in [0.4, 0.5) is 0 Å². The lowest BCUT2D eigenvalue weighted by atomic mass is 10.1. The van der Waals surface area contributed by atoms with Crippen molar-refractivity contribution < 1.29 is 9.59 Å². The summed E-state index contributed by atoms with van der Waals surface area (Å²) in [4.78, 5) is 25.9. The van der Waals surface area contributed by atoms with Gasteiger partial charge in [-0.3, -0.25) is 14.5 Å². The molecule has 7 heteroatoms. The maximum absolute atomic E-state index is 12.3. The monoisotopic (exact) mass is 344 g/mol. The van der Waals surface area contributed by atoms with Gasteiger partial charge in [-0.1, -0.05) is 43.7 Å². The molecule has 3 rings (SSSR count). The molecular formula is C17H20N4O2S. The Morgan fingerprint density at radius 2 is 1.75 bits per heavy atom. The van der Waals surface area contributed by atoms with Gasteiger partial charge in [-0.05, 0) is 18.6 Å². The fourth-order valence-corrected chi connectivity index (χ4v) is 3.58. The molecule has 0 radical (unpaired) electrons. The number of fused-ring (bicyclic) bond motifs is 1. The minimum atomic E-state index is -0.208. The summed E-state index contributed by atoms with van der Waals surface area (Å²) in [6.07, 6.45) is 5.18. The Labute approximate surface area is 145 Å². The van der Waals surface area contributed by atoms with E-state index in [1.54, 1.807) is 30.6 Å². The number of aromatic nitrogens is 3.